The molecule has 106 valence electrons. The van der Waals surface area contributed by atoms with E-state index in [1.165, 1.54) is 10.9 Å². The number of aromatic nitrogens is 3. The zero-order chi connectivity index (χ0) is 14.7. The lowest BCUT2D eigenvalue weighted by atomic mass is 10.2. The molecule has 0 saturated heterocycles. The standard InChI is InChI=1S/C15H14N4O2/c20-14-3-1-2-11(15(14)21)10-16-12-4-6-13(7-5-12)19-17-8-9-18-19/h1-9,16,20-21H,10H2. The van der Waals surface area contributed by atoms with E-state index in [-0.39, 0.29) is 11.5 Å². The summed E-state index contributed by atoms with van der Waals surface area (Å²) in [6.07, 6.45) is 3.24. The lowest BCUT2D eigenvalue weighted by Gasteiger charge is -2.09. The maximum absolute atomic E-state index is 9.73. The van der Waals surface area contributed by atoms with Crippen LogP contribution in [0.5, 0.6) is 11.5 Å². The molecule has 1 heterocycles. The minimum atomic E-state index is -0.116. The van der Waals surface area contributed by atoms with E-state index < -0.39 is 0 Å². The fourth-order valence-electron chi connectivity index (χ4n) is 1.98. The number of hydrogen-bond acceptors (Lipinski definition) is 5. The first-order chi connectivity index (χ1) is 10.2. The van der Waals surface area contributed by atoms with Crippen LogP contribution in [-0.4, -0.2) is 25.2 Å². The molecule has 0 spiro atoms. The number of para-hydroxylation sites is 1. The van der Waals surface area contributed by atoms with Gasteiger partial charge in [-0.3, -0.25) is 0 Å². The van der Waals surface area contributed by atoms with Gasteiger partial charge in [0, 0.05) is 17.8 Å². The first kappa shape index (κ1) is 13.0. The largest absolute Gasteiger partial charge is 0.504 e. The van der Waals surface area contributed by atoms with Gasteiger partial charge in [0.25, 0.3) is 0 Å². The van der Waals surface area contributed by atoms with Crippen LogP contribution in [-0.2, 0) is 6.54 Å². The molecule has 3 rings (SSSR count). The van der Waals surface area contributed by atoms with Crippen molar-refractivity contribution < 1.29 is 10.2 Å². The van der Waals surface area contributed by atoms with Crippen molar-refractivity contribution in [3.8, 4) is 17.2 Å². The van der Waals surface area contributed by atoms with E-state index in [0.29, 0.717) is 12.1 Å². The number of nitrogens with zero attached hydrogens (tertiary/aromatic N) is 3. The van der Waals surface area contributed by atoms with Gasteiger partial charge >= 0.3 is 0 Å². The molecular weight excluding hydrogens is 268 g/mol. The van der Waals surface area contributed by atoms with Crippen molar-refractivity contribution in [1.82, 2.24) is 15.0 Å². The normalized spacial score (nSPS) is 10.5. The van der Waals surface area contributed by atoms with Crippen LogP contribution in [0.1, 0.15) is 5.56 Å². The number of phenolic OH excluding ortho intramolecular Hbond substituents is 2. The number of phenols is 2. The zero-order valence-corrected chi connectivity index (χ0v) is 11.1. The number of anilines is 1. The van der Waals surface area contributed by atoms with E-state index in [1.54, 1.807) is 24.5 Å². The van der Waals surface area contributed by atoms with Crippen molar-refractivity contribution in [2.24, 2.45) is 0 Å². The molecular formula is C15H14N4O2. The van der Waals surface area contributed by atoms with E-state index in [0.717, 1.165) is 11.4 Å². The summed E-state index contributed by atoms with van der Waals surface area (Å²) in [5.74, 6) is -0.211. The number of nitrogens with one attached hydrogen (secondary N) is 1. The van der Waals surface area contributed by atoms with Gasteiger partial charge in [-0.05, 0) is 30.3 Å². The summed E-state index contributed by atoms with van der Waals surface area (Å²) in [5, 5.41) is 30.5. The molecule has 0 fully saturated rings. The molecule has 2 aromatic carbocycles. The molecule has 0 atom stereocenters. The van der Waals surface area contributed by atoms with E-state index in [1.807, 2.05) is 24.3 Å². The number of benzene rings is 2. The summed E-state index contributed by atoms with van der Waals surface area (Å²) < 4.78 is 0. The molecule has 0 saturated carbocycles. The minimum absolute atomic E-state index is 0.0950. The molecule has 0 aliphatic carbocycles. The van der Waals surface area contributed by atoms with E-state index in [2.05, 4.69) is 15.5 Å². The van der Waals surface area contributed by atoms with Crippen molar-refractivity contribution in [3.63, 3.8) is 0 Å². The minimum Gasteiger partial charge on any atom is -0.504 e. The second-order valence-corrected chi connectivity index (χ2v) is 4.50. The Labute approximate surface area is 121 Å². The quantitative estimate of drug-likeness (QED) is 0.639. The summed E-state index contributed by atoms with van der Waals surface area (Å²) in [7, 11) is 0. The van der Waals surface area contributed by atoms with Crippen molar-refractivity contribution in [1.29, 1.82) is 0 Å². The molecule has 6 heteroatoms. The molecule has 0 radical (unpaired) electrons. The van der Waals surface area contributed by atoms with E-state index in [4.69, 9.17) is 0 Å². The number of aromatic hydroxyl groups is 2. The first-order valence-corrected chi connectivity index (χ1v) is 6.44. The van der Waals surface area contributed by atoms with Crippen LogP contribution in [0.4, 0.5) is 5.69 Å². The highest BCUT2D eigenvalue weighted by molar-refractivity contribution is 5.51. The fraction of sp³-hybridized carbons (Fsp3) is 0.0667. The molecule has 0 aliphatic rings. The van der Waals surface area contributed by atoms with Crippen molar-refractivity contribution in [3.05, 3.63) is 60.4 Å². The summed E-state index contributed by atoms with van der Waals surface area (Å²) in [4.78, 5) is 1.53. The Kier molecular flexibility index (Phi) is 3.42. The Morgan fingerprint density at radius 2 is 1.67 bits per heavy atom. The lowest BCUT2D eigenvalue weighted by molar-refractivity contribution is 0.400. The molecule has 6 nitrogen and oxygen atoms in total. The summed E-state index contributed by atoms with van der Waals surface area (Å²) in [6.45, 7) is 0.416. The van der Waals surface area contributed by atoms with E-state index in [9.17, 15) is 10.2 Å². The summed E-state index contributed by atoms with van der Waals surface area (Å²) >= 11 is 0. The SMILES string of the molecule is Oc1cccc(CNc2ccc(-n3nccn3)cc2)c1O. The van der Waals surface area contributed by atoms with Crippen LogP contribution in [0.15, 0.2) is 54.9 Å². The van der Waals surface area contributed by atoms with Gasteiger partial charge in [0.15, 0.2) is 11.5 Å². The Hall–Kier alpha value is -3.02. The van der Waals surface area contributed by atoms with Crippen LogP contribution in [0.25, 0.3) is 5.69 Å². The van der Waals surface area contributed by atoms with Crippen LogP contribution < -0.4 is 5.32 Å². The Bertz CT molecular complexity index is 724. The Morgan fingerprint density at radius 3 is 2.38 bits per heavy atom. The second-order valence-electron chi connectivity index (χ2n) is 4.50. The van der Waals surface area contributed by atoms with Crippen molar-refractivity contribution in [2.75, 3.05) is 5.32 Å². The van der Waals surface area contributed by atoms with Crippen LogP contribution >= 0.6 is 0 Å². The van der Waals surface area contributed by atoms with Crippen molar-refractivity contribution in [2.45, 2.75) is 6.54 Å². The molecule has 1 aromatic heterocycles. The van der Waals surface area contributed by atoms with Gasteiger partial charge in [-0.25, -0.2) is 0 Å². The zero-order valence-electron chi connectivity index (χ0n) is 11.1. The molecule has 0 bridgehead atoms. The third-order valence-corrected chi connectivity index (χ3v) is 3.10. The maximum atomic E-state index is 9.73. The van der Waals surface area contributed by atoms with Crippen LogP contribution in [0.3, 0.4) is 0 Å². The topological polar surface area (TPSA) is 83.2 Å². The van der Waals surface area contributed by atoms with Gasteiger partial charge in [0.2, 0.25) is 0 Å². The average molecular weight is 282 g/mol. The summed E-state index contributed by atoms with van der Waals surface area (Å²) in [5.41, 5.74) is 2.40. The molecule has 0 unspecified atom stereocenters. The van der Waals surface area contributed by atoms with Gasteiger partial charge in [-0.15, -0.1) is 0 Å². The lowest BCUT2D eigenvalue weighted by Crippen LogP contribution is -2.01. The number of hydrogen-bond donors (Lipinski definition) is 3. The fourth-order valence-corrected chi connectivity index (χ4v) is 1.98. The van der Waals surface area contributed by atoms with Crippen molar-refractivity contribution >= 4 is 5.69 Å². The van der Waals surface area contributed by atoms with Gasteiger partial charge in [-0.2, -0.15) is 15.0 Å². The monoisotopic (exact) mass is 282 g/mol. The Morgan fingerprint density at radius 1 is 0.952 bits per heavy atom. The number of rotatable bonds is 4. The highest BCUT2D eigenvalue weighted by Gasteiger charge is 2.05. The van der Waals surface area contributed by atoms with E-state index >= 15 is 0 Å². The summed E-state index contributed by atoms with van der Waals surface area (Å²) in [6, 6.07) is 12.5. The predicted octanol–water partition coefficient (Wildman–Crippen LogP) is 2.29. The smallest absolute Gasteiger partial charge is 0.162 e. The van der Waals surface area contributed by atoms with Crippen LogP contribution in [0, 0.1) is 0 Å². The second kappa shape index (κ2) is 5.54. The highest BCUT2D eigenvalue weighted by atomic mass is 16.3. The third kappa shape index (κ3) is 2.79. The Balaban J connectivity index is 1.70. The maximum Gasteiger partial charge on any atom is 0.162 e. The highest BCUT2D eigenvalue weighted by Crippen LogP contribution is 2.28. The van der Waals surface area contributed by atoms with Gasteiger partial charge in [0.1, 0.15) is 0 Å². The van der Waals surface area contributed by atoms with Gasteiger partial charge in [0.05, 0.1) is 18.1 Å². The van der Waals surface area contributed by atoms with Gasteiger partial charge in [-0.1, -0.05) is 12.1 Å². The molecule has 0 aliphatic heterocycles. The molecule has 3 N–H and O–H groups in total. The average Bonchev–Trinajstić information content (AvgIpc) is 3.04. The molecule has 21 heavy (non-hydrogen) atoms. The predicted molar refractivity (Wildman–Crippen MR) is 78.5 cm³/mol. The van der Waals surface area contributed by atoms with Gasteiger partial charge < -0.3 is 15.5 Å². The molecule has 3 aromatic rings. The van der Waals surface area contributed by atoms with Crippen LogP contribution in [0.2, 0.25) is 0 Å². The first-order valence-electron chi connectivity index (χ1n) is 6.44. The molecule has 0 amide bonds. The third-order valence-electron chi connectivity index (χ3n) is 3.10.